The maximum Gasteiger partial charge on any atom is 0.416 e. The van der Waals surface area contributed by atoms with Crippen LogP contribution in [0.25, 0.3) is 15.5 Å². The Hall–Kier alpha value is -3.73. The van der Waals surface area contributed by atoms with Gasteiger partial charge in [0.1, 0.15) is 10.8 Å². The summed E-state index contributed by atoms with van der Waals surface area (Å²) >= 11 is 1.24. The van der Waals surface area contributed by atoms with Gasteiger partial charge in [0.2, 0.25) is 4.96 Å². The second kappa shape index (κ2) is 8.79. The van der Waals surface area contributed by atoms with Gasteiger partial charge < -0.3 is 10.1 Å². The predicted octanol–water partition coefficient (Wildman–Crippen LogP) is 3.53. The largest absolute Gasteiger partial charge is 0.484 e. The van der Waals surface area contributed by atoms with Crippen molar-refractivity contribution in [2.45, 2.75) is 12.7 Å². The molecule has 1 N–H and O–H groups in total. The fraction of sp³-hybridized carbons (Fsp3) is 0.143. The number of ether oxygens (including phenoxy) is 1. The molecule has 0 aliphatic rings. The first-order valence-corrected chi connectivity index (χ1v) is 10.1. The van der Waals surface area contributed by atoms with E-state index in [1.807, 2.05) is 30.3 Å². The Morgan fingerprint density at radius 1 is 1.09 bits per heavy atom. The van der Waals surface area contributed by atoms with E-state index >= 15 is 0 Å². The summed E-state index contributed by atoms with van der Waals surface area (Å²) in [6, 6.07) is 14.8. The summed E-state index contributed by atoms with van der Waals surface area (Å²) in [6.07, 6.45) is -4.50. The lowest BCUT2D eigenvalue weighted by atomic mass is 10.2. The number of rotatable bonds is 6. The Bertz CT molecular complexity index is 1320. The lowest BCUT2D eigenvalue weighted by Crippen LogP contribution is -2.29. The van der Waals surface area contributed by atoms with Gasteiger partial charge >= 0.3 is 6.18 Å². The zero-order valence-electron chi connectivity index (χ0n) is 16.3. The minimum Gasteiger partial charge on any atom is -0.484 e. The van der Waals surface area contributed by atoms with Crippen LogP contribution < -0.4 is 15.6 Å². The van der Waals surface area contributed by atoms with Crippen molar-refractivity contribution in [2.24, 2.45) is 0 Å². The standard InChI is InChI=1S/C21H15F3N4O3S/c22-21(23,24)14-7-4-8-16(9-14)31-12-17(29)25-11-15-10-18(30)28-20(26-15)32-19(27-28)13-5-2-1-3-6-13/h1-10H,11-12H2,(H,25,29). The van der Waals surface area contributed by atoms with Crippen molar-refractivity contribution in [1.82, 2.24) is 19.9 Å². The summed E-state index contributed by atoms with van der Waals surface area (Å²) in [5.41, 5.74) is -0.0830. The van der Waals surface area contributed by atoms with Crippen LogP contribution in [0.3, 0.4) is 0 Å². The quantitative estimate of drug-likeness (QED) is 0.476. The number of alkyl halides is 3. The molecular formula is C21H15F3N4O3S. The number of hydrogen-bond acceptors (Lipinski definition) is 6. The van der Waals surface area contributed by atoms with Crippen molar-refractivity contribution >= 4 is 22.2 Å². The van der Waals surface area contributed by atoms with Crippen LogP contribution in [0.15, 0.2) is 65.5 Å². The van der Waals surface area contributed by atoms with E-state index in [2.05, 4.69) is 15.4 Å². The predicted molar refractivity (Wildman–Crippen MR) is 111 cm³/mol. The number of carbonyl (C=O) groups excluding carboxylic acids is 1. The molecule has 0 saturated carbocycles. The first kappa shape index (κ1) is 21.5. The lowest BCUT2D eigenvalue weighted by Gasteiger charge is -2.10. The Balaban J connectivity index is 1.40. The minimum absolute atomic E-state index is 0.0465. The molecule has 2 aromatic carbocycles. The molecule has 2 aromatic heterocycles. The van der Waals surface area contributed by atoms with E-state index in [4.69, 9.17) is 4.74 Å². The van der Waals surface area contributed by atoms with Gasteiger partial charge in [-0.15, -0.1) is 0 Å². The second-order valence-corrected chi connectivity index (χ2v) is 7.60. The molecule has 164 valence electrons. The van der Waals surface area contributed by atoms with Crippen molar-refractivity contribution in [1.29, 1.82) is 0 Å². The molecule has 2 heterocycles. The number of nitrogens with one attached hydrogen (secondary N) is 1. The normalized spacial score (nSPS) is 11.5. The number of aromatic nitrogens is 3. The van der Waals surface area contributed by atoms with E-state index in [1.165, 1.54) is 34.1 Å². The highest BCUT2D eigenvalue weighted by molar-refractivity contribution is 7.19. The summed E-state index contributed by atoms with van der Waals surface area (Å²) in [5.74, 6) is -0.649. The summed E-state index contributed by atoms with van der Waals surface area (Å²) in [6.45, 7) is -0.531. The van der Waals surface area contributed by atoms with E-state index in [-0.39, 0.29) is 12.3 Å². The average molecular weight is 460 g/mol. The number of hydrogen-bond donors (Lipinski definition) is 1. The highest BCUT2D eigenvalue weighted by Gasteiger charge is 2.30. The molecule has 0 aliphatic carbocycles. The van der Waals surface area contributed by atoms with E-state index in [1.54, 1.807) is 0 Å². The molecule has 1 amide bonds. The van der Waals surface area contributed by atoms with Crippen LogP contribution in [0.4, 0.5) is 13.2 Å². The van der Waals surface area contributed by atoms with Gasteiger partial charge in [0, 0.05) is 11.6 Å². The van der Waals surface area contributed by atoms with E-state index < -0.39 is 29.8 Å². The van der Waals surface area contributed by atoms with Crippen molar-refractivity contribution in [3.8, 4) is 16.3 Å². The van der Waals surface area contributed by atoms with Crippen LogP contribution in [0.1, 0.15) is 11.3 Å². The monoisotopic (exact) mass is 460 g/mol. The molecular weight excluding hydrogens is 445 g/mol. The number of nitrogens with zero attached hydrogens (tertiary/aromatic N) is 3. The van der Waals surface area contributed by atoms with Crippen molar-refractivity contribution in [3.63, 3.8) is 0 Å². The van der Waals surface area contributed by atoms with Gasteiger partial charge in [0.05, 0.1) is 17.8 Å². The van der Waals surface area contributed by atoms with E-state index in [9.17, 15) is 22.8 Å². The lowest BCUT2D eigenvalue weighted by molar-refractivity contribution is -0.137. The van der Waals surface area contributed by atoms with Gasteiger partial charge in [-0.25, -0.2) is 4.98 Å². The van der Waals surface area contributed by atoms with Gasteiger partial charge in [-0.3, -0.25) is 9.59 Å². The fourth-order valence-electron chi connectivity index (χ4n) is 2.80. The summed E-state index contributed by atoms with van der Waals surface area (Å²) < 4.78 is 44.6. The maximum absolute atomic E-state index is 12.7. The highest BCUT2D eigenvalue weighted by Crippen LogP contribution is 2.31. The van der Waals surface area contributed by atoms with Gasteiger partial charge in [0.15, 0.2) is 6.61 Å². The SMILES string of the molecule is O=C(COc1cccc(C(F)(F)F)c1)NCc1cc(=O)n2nc(-c3ccccc3)sc2n1. The van der Waals surface area contributed by atoms with Crippen molar-refractivity contribution < 1.29 is 22.7 Å². The molecule has 0 spiro atoms. The highest BCUT2D eigenvalue weighted by atomic mass is 32.1. The Kier molecular flexibility index (Phi) is 5.91. The number of carbonyl (C=O) groups is 1. The molecule has 7 nitrogen and oxygen atoms in total. The minimum atomic E-state index is -4.50. The molecule has 0 aliphatic heterocycles. The van der Waals surface area contributed by atoms with E-state index in [0.717, 1.165) is 17.7 Å². The van der Waals surface area contributed by atoms with Crippen LogP contribution in [0, 0.1) is 0 Å². The van der Waals surface area contributed by atoms with Gasteiger partial charge in [-0.05, 0) is 18.2 Å². The Labute approximate surface area is 183 Å². The second-order valence-electron chi connectivity index (χ2n) is 6.64. The zero-order chi connectivity index (χ0) is 22.7. The molecule has 0 bridgehead atoms. The third-order valence-electron chi connectivity index (χ3n) is 4.32. The Morgan fingerprint density at radius 2 is 1.88 bits per heavy atom. The van der Waals surface area contributed by atoms with Crippen LogP contribution in [-0.2, 0) is 17.5 Å². The number of halogens is 3. The molecule has 4 aromatic rings. The van der Waals surface area contributed by atoms with Crippen molar-refractivity contribution in [2.75, 3.05) is 6.61 Å². The molecule has 0 radical (unpaired) electrons. The number of amides is 1. The smallest absolute Gasteiger partial charge is 0.416 e. The van der Waals surface area contributed by atoms with Crippen LogP contribution in [0.5, 0.6) is 5.75 Å². The van der Waals surface area contributed by atoms with Crippen LogP contribution >= 0.6 is 11.3 Å². The molecule has 0 unspecified atom stereocenters. The molecule has 0 atom stereocenters. The Morgan fingerprint density at radius 3 is 2.62 bits per heavy atom. The van der Waals surface area contributed by atoms with Gasteiger partial charge in [-0.1, -0.05) is 47.7 Å². The summed E-state index contributed by atoms with van der Waals surface area (Å²) in [7, 11) is 0. The number of benzene rings is 2. The van der Waals surface area contributed by atoms with E-state index in [0.29, 0.717) is 15.7 Å². The molecule has 0 saturated heterocycles. The average Bonchev–Trinajstić information content (AvgIpc) is 3.21. The van der Waals surface area contributed by atoms with Crippen molar-refractivity contribution in [3.05, 3.63) is 82.3 Å². The summed E-state index contributed by atoms with van der Waals surface area (Å²) in [5, 5.41) is 7.44. The first-order chi connectivity index (χ1) is 15.3. The van der Waals surface area contributed by atoms with Crippen LogP contribution in [-0.4, -0.2) is 27.1 Å². The molecule has 4 rings (SSSR count). The molecule has 32 heavy (non-hydrogen) atoms. The van der Waals surface area contributed by atoms with Gasteiger partial charge in [-0.2, -0.15) is 22.8 Å². The third kappa shape index (κ3) is 4.94. The van der Waals surface area contributed by atoms with Crippen LogP contribution in [0.2, 0.25) is 0 Å². The fourth-order valence-corrected chi connectivity index (χ4v) is 3.72. The maximum atomic E-state index is 12.7. The molecule has 0 fully saturated rings. The zero-order valence-corrected chi connectivity index (χ0v) is 17.1. The first-order valence-electron chi connectivity index (χ1n) is 9.31. The molecule has 11 heteroatoms. The van der Waals surface area contributed by atoms with Gasteiger partial charge in [0.25, 0.3) is 11.5 Å². The summed E-state index contributed by atoms with van der Waals surface area (Å²) in [4.78, 5) is 29.1. The topological polar surface area (TPSA) is 85.6 Å². The third-order valence-corrected chi connectivity index (χ3v) is 5.27. The number of fused-ring (bicyclic) bond motifs is 1.